The molecule has 0 spiro atoms. The van der Waals surface area contributed by atoms with E-state index in [2.05, 4.69) is 26.2 Å². The predicted molar refractivity (Wildman–Crippen MR) is 130 cm³/mol. The van der Waals surface area contributed by atoms with Crippen LogP contribution in [0.5, 0.6) is 0 Å². The zero-order valence-electron chi connectivity index (χ0n) is 17.6. The van der Waals surface area contributed by atoms with Crippen LogP contribution in [0.2, 0.25) is 5.02 Å². The van der Waals surface area contributed by atoms with Crippen LogP contribution in [0.4, 0.5) is 28.7 Å². The average molecular weight is 476 g/mol. The van der Waals surface area contributed by atoms with E-state index < -0.39 is 16.5 Å². The van der Waals surface area contributed by atoms with Crippen molar-refractivity contribution in [2.24, 2.45) is 0 Å². The van der Waals surface area contributed by atoms with Crippen LogP contribution in [0.25, 0.3) is 0 Å². The van der Waals surface area contributed by atoms with Crippen molar-refractivity contribution in [2.45, 2.75) is 0 Å². The van der Waals surface area contributed by atoms with Crippen LogP contribution in [0.3, 0.4) is 0 Å². The van der Waals surface area contributed by atoms with Gasteiger partial charge >= 0.3 is 5.69 Å². The fourth-order valence-electron chi connectivity index (χ4n) is 3.05. The summed E-state index contributed by atoms with van der Waals surface area (Å²) >= 11 is 5.84. The molecule has 0 atom stereocenters. The summed E-state index contributed by atoms with van der Waals surface area (Å²) in [5.41, 5.74) is 9.24. The normalized spacial score (nSPS) is 10.3. The van der Waals surface area contributed by atoms with E-state index >= 15 is 0 Å². The van der Waals surface area contributed by atoms with Crippen LogP contribution in [0, 0.1) is 10.1 Å². The second-order valence-electron chi connectivity index (χ2n) is 6.88. The Balaban J connectivity index is 1.63. The number of para-hydroxylation sites is 2. The van der Waals surface area contributed by atoms with Crippen molar-refractivity contribution in [3.8, 4) is 0 Å². The van der Waals surface area contributed by atoms with Crippen LogP contribution in [-0.4, -0.2) is 20.8 Å². The molecule has 0 aliphatic heterocycles. The van der Waals surface area contributed by atoms with Gasteiger partial charge in [-0.15, -0.1) is 0 Å². The third-order valence-corrected chi connectivity index (χ3v) is 4.90. The van der Waals surface area contributed by atoms with Gasteiger partial charge in [0.25, 0.3) is 5.91 Å². The molecular formula is C23H18ClN7O3. The SMILES string of the molecule is O=C(NNc1ncnc(NN(c2ccccc2)c2ccccc2)c1[N+](=O)[O-])c1ccc(Cl)cc1. The van der Waals surface area contributed by atoms with E-state index in [9.17, 15) is 14.9 Å². The smallest absolute Gasteiger partial charge is 0.276 e. The fraction of sp³-hybridized carbons (Fsp3) is 0. The van der Waals surface area contributed by atoms with Gasteiger partial charge in [-0.3, -0.25) is 36.2 Å². The van der Waals surface area contributed by atoms with Crippen molar-refractivity contribution in [1.29, 1.82) is 0 Å². The van der Waals surface area contributed by atoms with Gasteiger partial charge in [0.1, 0.15) is 6.33 Å². The van der Waals surface area contributed by atoms with Crippen molar-refractivity contribution < 1.29 is 9.72 Å². The Kier molecular flexibility index (Phi) is 6.80. The molecule has 34 heavy (non-hydrogen) atoms. The highest BCUT2D eigenvalue weighted by Gasteiger charge is 2.25. The van der Waals surface area contributed by atoms with E-state index in [0.29, 0.717) is 10.6 Å². The summed E-state index contributed by atoms with van der Waals surface area (Å²) in [6, 6.07) is 24.7. The van der Waals surface area contributed by atoms with Crippen LogP contribution < -0.4 is 21.3 Å². The van der Waals surface area contributed by atoms with Gasteiger partial charge in [-0.2, -0.15) is 0 Å². The highest BCUT2D eigenvalue weighted by atomic mass is 35.5. The lowest BCUT2D eigenvalue weighted by atomic mass is 10.2. The summed E-state index contributed by atoms with van der Waals surface area (Å²) in [5, 5.41) is 14.1. The van der Waals surface area contributed by atoms with E-state index in [0.717, 1.165) is 17.7 Å². The van der Waals surface area contributed by atoms with E-state index in [1.165, 1.54) is 12.1 Å². The van der Waals surface area contributed by atoms with E-state index in [4.69, 9.17) is 11.6 Å². The molecule has 0 aliphatic carbocycles. The van der Waals surface area contributed by atoms with Crippen LogP contribution in [-0.2, 0) is 0 Å². The number of amides is 1. The molecule has 0 aliphatic rings. The molecule has 170 valence electrons. The lowest BCUT2D eigenvalue weighted by molar-refractivity contribution is -0.383. The molecule has 4 rings (SSSR count). The molecule has 11 heteroatoms. The molecule has 10 nitrogen and oxygen atoms in total. The molecule has 3 N–H and O–H groups in total. The zero-order chi connectivity index (χ0) is 23.9. The maximum absolute atomic E-state index is 12.4. The molecule has 0 saturated heterocycles. The second-order valence-corrected chi connectivity index (χ2v) is 7.32. The Morgan fingerprint density at radius 3 is 1.97 bits per heavy atom. The molecule has 1 aromatic heterocycles. The molecule has 4 aromatic rings. The van der Waals surface area contributed by atoms with Gasteiger partial charge in [0, 0.05) is 10.6 Å². The molecule has 3 aromatic carbocycles. The van der Waals surface area contributed by atoms with Crippen LogP contribution in [0.1, 0.15) is 10.4 Å². The minimum Gasteiger partial charge on any atom is -0.276 e. The monoisotopic (exact) mass is 475 g/mol. The number of hydrazine groups is 2. The Morgan fingerprint density at radius 1 is 0.853 bits per heavy atom. The molecule has 0 saturated carbocycles. The highest BCUT2D eigenvalue weighted by Crippen LogP contribution is 2.32. The summed E-state index contributed by atoms with van der Waals surface area (Å²) in [5.74, 6) is -0.781. The first-order valence-electron chi connectivity index (χ1n) is 10.0. The number of hydrogen-bond donors (Lipinski definition) is 3. The fourth-order valence-corrected chi connectivity index (χ4v) is 3.18. The predicted octanol–water partition coefficient (Wildman–Crippen LogP) is 4.96. The molecule has 0 unspecified atom stereocenters. The molecular weight excluding hydrogens is 458 g/mol. The number of nitrogens with zero attached hydrogens (tertiary/aromatic N) is 4. The number of anilines is 4. The Bertz CT molecular complexity index is 1250. The summed E-state index contributed by atoms with van der Waals surface area (Å²) in [4.78, 5) is 31.7. The number of halogens is 1. The first kappa shape index (κ1) is 22.5. The Morgan fingerprint density at radius 2 is 1.41 bits per heavy atom. The minimum atomic E-state index is -0.632. The van der Waals surface area contributed by atoms with Crippen molar-refractivity contribution in [3.63, 3.8) is 0 Å². The zero-order valence-corrected chi connectivity index (χ0v) is 18.3. The van der Waals surface area contributed by atoms with Gasteiger partial charge in [0.2, 0.25) is 11.6 Å². The van der Waals surface area contributed by atoms with Crippen LogP contribution >= 0.6 is 11.6 Å². The first-order chi connectivity index (χ1) is 16.5. The number of aromatic nitrogens is 2. The Hall–Kier alpha value is -4.70. The quantitative estimate of drug-likeness (QED) is 0.241. The maximum Gasteiger partial charge on any atom is 0.356 e. The van der Waals surface area contributed by atoms with Crippen LogP contribution in [0.15, 0.2) is 91.3 Å². The minimum absolute atomic E-state index is 0.0732. The summed E-state index contributed by atoms with van der Waals surface area (Å²) in [6.45, 7) is 0. The van der Waals surface area contributed by atoms with Crippen molar-refractivity contribution >= 4 is 46.2 Å². The summed E-state index contributed by atoms with van der Waals surface area (Å²) in [6.07, 6.45) is 1.15. The number of nitro groups is 1. The third kappa shape index (κ3) is 5.19. The molecule has 0 fully saturated rings. The average Bonchev–Trinajstić information content (AvgIpc) is 2.87. The molecule has 0 bridgehead atoms. The van der Waals surface area contributed by atoms with Gasteiger partial charge < -0.3 is 0 Å². The topological polar surface area (TPSA) is 125 Å². The number of nitrogens with one attached hydrogen (secondary N) is 3. The van der Waals surface area contributed by atoms with Gasteiger partial charge in [0.15, 0.2) is 0 Å². The number of carbonyl (C=O) groups is 1. The second kappa shape index (κ2) is 10.3. The summed E-state index contributed by atoms with van der Waals surface area (Å²) in [7, 11) is 0. The number of carbonyl (C=O) groups excluding carboxylic acids is 1. The maximum atomic E-state index is 12.4. The van der Waals surface area contributed by atoms with E-state index in [-0.39, 0.29) is 11.6 Å². The van der Waals surface area contributed by atoms with Crippen molar-refractivity contribution in [2.75, 3.05) is 15.9 Å². The number of benzene rings is 3. The van der Waals surface area contributed by atoms with Crippen molar-refractivity contribution in [1.82, 2.24) is 15.4 Å². The van der Waals surface area contributed by atoms with E-state index in [1.54, 1.807) is 17.1 Å². The largest absolute Gasteiger partial charge is 0.356 e. The molecule has 0 radical (unpaired) electrons. The van der Waals surface area contributed by atoms with E-state index in [1.807, 2.05) is 60.7 Å². The Labute approximate surface area is 199 Å². The van der Waals surface area contributed by atoms with Gasteiger partial charge in [-0.05, 0) is 48.5 Å². The van der Waals surface area contributed by atoms with Gasteiger partial charge in [-0.1, -0.05) is 48.0 Å². The van der Waals surface area contributed by atoms with Crippen molar-refractivity contribution in [3.05, 3.63) is 112 Å². The lowest BCUT2D eigenvalue weighted by Gasteiger charge is -2.26. The third-order valence-electron chi connectivity index (χ3n) is 4.65. The van der Waals surface area contributed by atoms with Gasteiger partial charge in [-0.25, -0.2) is 9.97 Å². The standard InChI is InChI=1S/C23H18ClN7O3/c24-17-13-11-16(12-14-17)23(32)28-27-21-20(31(33)34)22(26-15-25-21)29-30(18-7-3-1-4-8-18)19-9-5-2-6-10-19/h1-15H,(H,28,32)(H2,25,26,27,29). The molecule has 1 heterocycles. The highest BCUT2D eigenvalue weighted by molar-refractivity contribution is 6.30. The first-order valence-corrected chi connectivity index (χ1v) is 10.4. The lowest BCUT2D eigenvalue weighted by Crippen LogP contribution is -2.31. The van der Waals surface area contributed by atoms with Gasteiger partial charge in [0.05, 0.1) is 16.3 Å². The number of rotatable bonds is 8. The number of hydrogen-bond acceptors (Lipinski definition) is 8. The molecule has 1 amide bonds. The summed E-state index contributed by atoms with van der Waals surface area (Å²) < 4.78 is 0.